The highest BCUT2D eigenvalue weighted by Crippen LogP contribution is 2.38. The van der Waals surface area contributed by atoms with Gasteiger partial charge in [-0.2, -0.15) is 0 Å². The fourth-order valence-electron chi connectivity index (χ4n) is 4.73. The lowest BCUT2D eigenvalue weighted by molar-refractivity contribution is 0.0939. The van der Waals surface area contributed by atoms with Gasteiger partial charge in [-0.3, -0.25) is 4.79 Å². The third-order valence-electron chi connectivity index (χ3n) is 6.53. The van der Waals surface area contributed by atoms with Crippen LogP contribution in [-0.4, -0.2) is 49.7 Å². The molecule has 9 heteroatoms. The van der Waals surface area contributed by atoms with Gasteiger partial charge >= 0.3 is 0 Å². The van der Waals surface area contributed by atoms with Gasteiger partial charge in [-0.05, 0) is 37.1 Å². The van der Waals surface area contributed by atoms with Gasteiger partial charge < -0.3 is 25.8 Å². The summed E-state index contributed by atoms with van der Waals surface area (Å²) in [7, 11) is 1.62. The number of thiophene rings is 1. The van der Waals surface area contributed by atoms with E-state index in [-0.39, 0.29) is 36.1 Å². The third kappa shape index (κ3) is 4.05. The molecule has 0 unspecified atom stereocenters. The van der Waals surface area contributed by atoms with E-state index in [0.717, 1.165) is 21.5 Å². The Morgan fingerprint density at radius 3 is 2.94 bits per heavy atom. The number of anilines is 2. The van der Waals surface area contributed by atoms with Crippen LogP contribution in [0.15, 0.2) is 24.3 Å². The van der Waals surface area contributed by atoms with Crippen LogP contribution in [-0.2, 0) is 11.2 Å². The van der Waals surface area contributed by atoms with Crippen LogP contribution >= 0.6 is 11.3 Å². The number of fused-ring (bicyclic) bond motifs is 2. The van der Waals surface area contributed by atoms with Gasteiger partial charge in [0.15, 0.2) is 5.78 Å². The van der Waals surface area contributed by atoms with Crippen LogP contribution in [0.1, 0.15) is 27.3 Å². The lowest BCUT2D eigenvalue weighted by Gasteiger charge is -2.27. The van der Waals surface area contributed by atoms with E-state index in [1.807, 2.05) is 24.0 Å². The standard InChI is InChI=1S/C24H27FN4O3S/c1-12-3-4-15-22(27)23(33-24(15)28-12)19(30)6-13-5-14-7-16(25)18(8-20(14)32-11-13)29-9-17(26)21(10-29)31-2/h3-4,7-8,13,17,21H,5-6,9-11,26-27H2,1-2H3/t13-,17-,21-/m0/s1. The largest absolute Gasteiger partial charge is 0.493 e. The molecule has 2 aliphatic rings. The molecule has 33 heavy (non-hydrogen) atoms. The molecule has 1 aromatic carbocycles. The molecule has 4 heterocycles. The summed E-state index contributed by atoms with van der Waals surface area (Å²) in [6, 6.07) is 6.89. The van der Waals surface area contributed by atoms with Crippen molar-refractivity contribution in [3.05, 3.63) is 46.2 Å². The van der Waals surface area contributed by atoms with Crippen LogP contribution < -0.4 is 21.1 Å². The number of carbonyl (C=O) groups is 1. The zero-order chi connectivity index (χ0) is 23.3. The van der Waals surface area contributed by atoms with E-state index >= 15 is 0 Å². The lowest BCUT2D eigenvalue weighted by atomic mass is 9.91. The van der Waals surface area contributed by atoms with Crippen LogP contribution in [0.2, 0.25) is 0 Å². The van der Waals surface area contributed by atoms with Crippen molar-refractivity contribution >= 4 is 38.7 Å². The van der Waals surface area contributed by atoms with Gasteiger partial charge in [-0.25, -0.2) is 9.37 Å². The molecule has 0 saturated carbocycles. The number of nitrogens with two attached hydrogens (primary N) is 2. The quantitative estimate of drug-likeness (QED) is 0.552. The van der Waals surface area contributed by atoms with Crippen molar-refractivity contribution in [3.63, 3.8) is 0 Å². The zero-order valence-corrected chi connectivity index (χ0v) is 19.5. The maximum absolute atomic E-state index is 15.0. The van der Waals surface area contributed by atoms with Crippen LogP contribution in [0.5, 0.6) is 5.75 Å². The van der Waals surface area contributed by atoms with Crippen LogP contribution in [0.25, 0.3) is 10.2 Å². The molecule has 0 spiro atoms. The molecule has 0 aliphatic carbocycles. The number of carbonyl (C=O) groups excluding carboxylic acids is 1. The van der Waals surface area contributed by atoms with Crippen molar-refractivity contribution in [2.75, 3.05) is 37.4 Å². The second-order valence-electron chi connectivity index (χ2n) is 8.91. The Hall–Kier alpha value is -2.75. The summed E-state index contributed by atoms with van der Waals surface area (Å²) in [4.78, 5) is 20.7. The number of ketones is 1. The number of benzene rings is 1. The lowest BCUT2D eigenvalue weighted by Crippen LogP contribution is -2.34. The van der Waals surface area contributed by atoms with Crippen molar-refractivity contribution < 1.29 is 18.7 Å². The fourth-order valence-corrected chi connectivity index (χ4v) is 5.81. The van der Waals surface area contributed by atoms with E-state index in [4.69, 9.17) is 20.9 Å². The number of hydrogen-bond donors (Lipinski definition) is 2. The molecular formula is C24H27FN4O3S. The topological polar surface area (TPSA) is 104 Å². The van der Waals surface area contributed by atoms with Gasteiger partial charge in [-0.1, -0.05) is 0 Å². The maximum atomic E-state index is 15.0. The summed E-state index contributed by atoms with van der Waals surface area (Å²) in [5.74, 6) is 0.264. The molecule has 1 fully saturated rings. The van der Waals surface area contributed by atoms with Crippen molar-refractivity contribution in [2.45, 2.75) is 31.9 Å². The van der Waals surface area contributed by atoms with Crippen molar-refractivity contribution in [1.82, 2.24) is 4.98 Å². The first kappa shape index (κ1) is 22.1. The number of aromatic nitrogens is 1. The summed E-state index contributed by atoms with van der Waals surface area (Å²) < 4.78 is 26.3. The Kier molecular flexibility index (Phi) is 5.72. The number of pyridine rings is 1. The highest BCUT2D eigenvalue weighted by atomic mass is 32.1. The first-order chi connectivity index (χ1) is 15.8. The molecule has 174 valence electrons. The normalized spacial score (nSPS) is 22.4. The molecule has 3 atom stereocenters. The maximum Gasteiger partial charge on any atom is 0.175 e. The molecule has 7 nitrogen and oxygen atoms in total. The number of nitrogen functional groups attached to an aromatic ring is 1. The second kappa shape index (κ2) is 8.55. The molecule has 4 N–H and O–H groups in total. The third-order valence-corrected chi connectivity index (χ3v) is 7.68. The number of methoxy groups -OCH3 is 1. The Labute approximate surface area is 195 Å². The Morgan fingerprint density at radius 2 is 2.18 bits per heavy atom. The molecule has 3 aromatic rings. The van der Waals surface area contributed by atoms with Gasteiger partial charge in [0.25, 0.3) is 0 Å². The van der Waals surface area contributed by atoms with E-state index in [0.29, 0.717) is 48.1 Å². The molecule has 0 radical (unpaired) electrons. The zero-order valence-electron chi connectivity index (χ0n) is 18.6. The molecule has 0 amide bonds. The minimum absolute atomic E-state index is 0.0287. The molecular weight excluding hydrogens is 443 g/mol. The highest BCUT2D eigenvalue weighted by Gasteiger charge is 2.33. The van der Waals surface area contributed by atoms with Crippen LogP contribution in [0.4, 0.5) is 15.8 Å². The average Bonchev–Trinajstić information content (AvgIpc) is 3.32. The minimum atomic E-state index is -0.316. The van der Waals surface area contributed by atoms with E-state index in [1.54, 1.807) is 13.2 Å². The first-order valence-corrected chi connectivity index (χ1v) is 11.8. The van der Waals surface area contributed by atoms with Crippen molar-refractivity contribution in [1.29, 1.82) is 0 Å². The van der Waals surface area contributed by atoms with E-state index in [2.05, 4.69) is 4.98 Å². The number of Topliss-reactive ketones (excluding diaryl/α,β-unsaturated/α-hetero) is 1. The van der Waals surface area contributed by atoms with Gasteiger partial charge in [0.2, 0.25) is 0 Å². The first-order valence-electron chi connectivity index (χ1n) is 11.0. The van der Waals surface area contributed by atoms with Crippen molar-refractivity contribution in [3.8, 4) is 5.75 Å². The van der Waals surface area contributed by atoms with E-state index in [9.17, 15) is 9.18 Å². The summed E-state index contributed by atoms with van der Waals surface area (Å²) in [6.45, 7) is 3.37. The highest BCUT2D eigenvalue weighted by molar-refractivity contribution is 7.21. The summed E-state index contributed by atoms with van der Waals surface area (Å²) in [6.07, 6.45) is 0.729. The number of hydrogen-bond acceptors (Lipinski definition) is 8. The summed E-state index contributed by atoms with van der Waals surface area (Å²) in [5, 5.41) is 0.811. The van der Waals surface area contributed by atoms with E-state index < -0.39 is 0 Å². The predicted molar refractivity (Wildman–Crippen MR) is 128 cm³/mol. The smallest absolute Gasteiger partial charge is 0.175 e. The van der Waals surface area contributed by atoms with Crippen LogP contribution in [0.3, 0.4) is 0 Å². The van der Waals surface area contributed by atoms with Gasteiger partial charge in [0, 0.05) is 49.7 Å². The fraction of sp³-hybridized carbons (Fsp3) is 0.417. The molecule has 2 aromatic heterocycles. The number of ether oxygens (including phenoxy) is 2. The Bertz CT molecular complexity index is 1230. The summed E-state index contributed by atoms with van der Waals surface area (Å²) in [5.41, 5.74) is 15.0. The molecule has 0 bridgehead atoms. The monoisotopic (exact) mass is 470 g/mol. The van der Waals surface area contributed by atoms with Gasteiger partial charge in [-0.15, -0.1) is 11.3 Å². The summed E-state index contributed by atoms with van der Waals surface area (Å²) >= 11 is 1.33. The van der Waals surface area contributed by atoms with Gasteiger partial charge in [0.05, 0.1) is 35.0 Å². The number of aryl methyl sites for hydroxylation is 1. The van der Waals surface area contributed by atoms with Gasteiger partial charge in [0.1, 0.15) is 16.4 Å². The SMILES string of the molecule is CO[C@H]1CN(c2cc3c(cc2F)C[C@@H](CC(=O)c2sc4nc(C)ccc4c2N)CO3)C[C@@H]1N. The van der Waals surface area contributed by atoms with Crippen molar-refractivity contribution in [2.24, 2.45) is 11.7 Å². The Morgan fingerprint density at radius 1 is 1.36 bits per heavy atom. The van der Waals surface area contributed by atoms with Crippen LogP contribution in [0, 0.1) is 18.7 Å². The molecule has 5 rings (SSSR count). The predicted octanol–water partition coefficient (Wildman–Crippen LogP) is 3.31. The number of nitrogens with zero attached hydrogens (tertiary/aromatic N) is 2. The number of halogens is 1. The van der Waals surface area contributed by atoms with E-state index in [1.165, 1.54) is 17.4 Å². The second-order valence-corrected chi connectivity index (χ2v) is 9.91. The molecule has 2 aliphatic heterocycles. The molecule has 1 saturated heterocycles. The average molecular weight is 471 g/mol. The number of rotatable bonds is 5. The Balaban J connectivity index is 1.31. The minimum Gasteiger partial charge on any atom is -0.493 e.